The molecule has 3 rings (SSSR count). The Labute approximate surface area is 151 Å². The van der Waals surface area contributed by atoms with E-state index in [9.17, 15) is 13.2 Å². The maximum atomic E-state index is 12.7. The van der Waals surface area contributed by atoms with Gasteiger partial charge in [-0.1, -0.05) is 12.1 Å². The highest BCUT2D eigenvalue weighted by Gasteiger charge is 2.31. The van der Waals surface area contributed by atoms with Crippen LogP contribution in [-0.2, 0) is 0 Å². The van der Waals surface area contributed by atoms with E-state index in [1.807, 2.05) is 30.5 Å². The standard InChI is InChI=1S/C16H20F3N3.2ClH/c17-16(18,19)5-3-15(22-9-7-20-8-10-22)13-2-1-12-4-6-21-14(12)11-13;;/h1-2,4,6,11,15,20-21H,3,5,7-10H2;2*1H/t15-;;/m0../s1. The monoisotopic (exact) mass is 383 g/mol. The van der Waals surface area contributed by atoms with Crippen LogP contribution in [0.3, 0.4) is 0 Å². The van der Waals surface area contributed by atoms with Crippen LogP contribution in [-0.4, -0.2) is 42.2 Å². The second kappa shape index (κ2) is 8.94. The topological polar surface area (TPSA) is 31.1 Å². The van der Waals surface area contributed by atoms with Gasteiger partial charge in [-0.3, -0.25) is 4.90 Å². The van der Waals surface area contributed by atoms with Crippen LogP contribution >= 0.6 is 24.8 Å². The van der Waals surface area contributed by atoms with Gasteiger partial charge in [0.1, 0.15) is 0 Å². The molecule has 1 aliphatic heterocycles. The van der Waals surface area contributed by atoms with Crippen LogP contribution in [0.5, 0.6) is 0 Å². The third kappa shape index (κ3) is 5.28. The minimum Gasteiger partial charge on any atom is -0.361 e. The van der Waals surface area contributed by atoms with Gasteiger partial charge < -0.3 is 10.3 Å². The second-order valence-corrected chi connectivity index (χ2v) is 5.78. The molecule has 1 aromatic heterocycles. The molecule has 0 amide bonds. The Bertz CT molecular complexity index is 624. The Morgan fingerprint density at radius 2 is 1.79 bits per heavy atom. The molecule has 0 aliphatic carbocycles. The minimum absolute atomic E-state index is 0. The molecule has 24 heavy (non-hydrogen) atoms. The molecule has 136 valence electrons. The van der Waals surface area contributed by atoms with Crippen molar-refractivity contribution in [3.05, 3.63) is 36.0 Å². The van der Waals surface area contributed by atoms with Crippen LogP contribution in [0.4, 0.5) is 13.2 Å². The Morgan fingerprint density at radius 3 is 2.46 bits per heavy atom. The third-order valence-corrected chi connectivity index (χ3v) is 4.26. The zero-order valence-electron chi connectivity index (χ0n) is 13.1. The van der Waals surface area contributed by atoms with E-state index in [-0.39, 0.29) is 37.3 Å². The summed E-state index contributed by atoms with van der Waals surface area (Å²) in [6, 6.07) is 7.70. The number of hydrogen-bond acceptors (Lipinski definition) is 2. The molecule has 0 spiro atoms. The fourth-order valence-corrected chi connectivity index (χ4v) is 3.13. The van der Waals surface area contributed by atoms with Crippen LogP contribution < -0.4 is 5.32 Å². The van der Waals surface area contributed by atoms with Gasteiger partial charge in [-0.2, -0.15) is 13.2 Å². The molecule has 1 saturated heterocycles. The van der Waals surface area contributed by atoms with Crippen LogP contribution in [0.2, 0.25) is 0 Å². The van der Waals surface area contributed by atoms with Gasteiger partial charge in [0, 0.05) is 50.4 Å². The van der Waals surface area contributed by atoms with Crippen LogP contribution in [0, 0.1) is 0 Å². The number of aromatic nitrogens is 1. The predicted octanol–water partition coefficient (Wildman–Crippen LogP) is 4.30. The Morgan fingerprint density at radius 1 is 1.08 bits per heavy atom. The fraction of sp³-hybridized carbons (Fsp3) is 0.500. The van der Waals surface area contributed by atoms with Gasteiger partial charge in [-0.05, 0) is 29.5 Å². The average Bonchev–Trinajstić information content (AvgIpc) is 2.95. The summed E-state index contributed by atoms with van der Waals surface area (Å²) in [6.07, 6.45) is -2.90. The first-order valence-electron chi connectivity index (χ1n) is 7.61. The van der Waals surface area contributed by atoms with Crippen molar-refractivity contribution in [2.24, 2.45) is 0 Å². The molecule has 3 nitrogen and oxygen atoms in total. The zero-order chi connectivity index (χ0) is 15.6. The predicted molar refractivity (Wildman–Crippen MR) is 95.3 cm³/mol. The number of aromatic amines is 1. The molecule has 1 atom stereocenters. The number of hydrogen-bond donors (Lipinski definition) is 2. The lowest BCUT2D eigenvalue weighted by Crippen LogP contribution is -2.45. The molecule has 1 aromatic carbocycles. The lowest BCUT2D eigenvalue weighted by Gasteiger charge is -2.35. The van der Waals surface area contributed by atoms with Crippen molar-refractivity contribution >= 4 is 35.7 Å². The molecular weight excluding hydrogens is 362 g/mol. The molecule has 1 fully saturated rings. The SMILES string of the molecule is Cl.Cl.FC(F)(F)CC[C@@H](c1ccc2cc[nH]c2c1)N1CCNCC1. The van der Waals surface area contributed by atoms with E-state index >= 15 is 0 Å². The maximum absolute atomic E-state index is 12.7. The van der Waals surface area contributed by atoms with Gasteiger partial charge >= 0.3 is 6.18 Å². The van der Waals surface area contributed by atoms with Gasteiger partial charge in [0.05, 0.1) is 0 Å². The van der Waals surface area contributed by atoms with Crippen molar-refractivity contribution in [1.82, 2.24) is 15.2 Å². The molecule has 0 bridgehead atoms. The first kappa shape index (κ1) is 21.1. The van der Waals surface area contributed by atoms with E-state index in [1.54, 1.807) is 0 Å². The maximum Gasteiger partial charge on any atom is 0.389 e. The molecule has 8 heteroatoms. The van der Waals surface area contributed by atoms with Crippen molar-refractivity contribution in [3.63, 3.8) is 0 Å². The van der Waals surface area contributed by atoms with Crippen molar-refractivity contribution in [2.75, 3.05) is 26.2 Å². The Hall–Kier alpha value is -0.950. The summed E-state index contributed by atoms with van der Waals surface area (Å²) < 4.78 is 38.0. The van der Waals surface area contributed by atoms with Gasteiger partial charge in [0.25, 0.3) is 0 Å². The molecule has 2 aromatic rings. The molecule has 0 radical (unpaired) electrons. The number of fused-ring (bicyclic) bond motifs is 1. The van der Waals surface area contributed by atoms with Crippen molar-refractivity contribution < 1.29 is 13.2 Å². The lowest BCUT2D eigenvalue weighted by atomic mass is 9.98. The van der Waals surface area contributed by atoms with Crippen molar-refractivity contribution in [1.29, 1.82) is 0 Å². The summed E-state index contributed by atoms with van der Waals surface area (Å²) in [5.74, 6) is 0. The summed E-state index contributed by atoms with van der Waals surface area (Å²) in [5, 5.41) is 4.33. The van der Waals surface area contributed by atoms with Crippen molar-refractivity contribution in [3.8, 4) is 0 Å². The van der Waals surface area contributed by atoms with E-state index in [0.29, 0.717) is 0 Å². The molecule has 0 saturated carbocycles. The van der Waals surface area contributed by atoms with Crippen LogP contribution in [0.1, 0.15) is 24.4 Å². The minimum atomic E-state index is -4.11. The number of halogens is 5. The van der Waals surface area contributed by atoms with Gasteiger partial charge in [-0.25, -0.2) is 0 Å². The quantitative estimate of drug-likeness (QED) is 0.824. The number of piperazine rings is 1. The second-order valence-electron chi connectivity index (χ2n) is 5.78. The number of rotatable bonds is 4. The number of alkyl halides is 3. The van der Waals surface area contributed by atoms with Crippen LogP contribution in [0.15, 0.2) is 30.5 Å². The van der Waals surface area contributed by atoms with E-state index in [4.69, 9.17) is 0 Å². The van der Waals surface area contributed by atoms with E-state index < -0.39 is 12.6 Å². The largest absolute Gasteiger partial charge is 0.389 e. The first-order valence-corrected chi connectivity index (χ1v) is 7.61. The molecule has 0 unspecified atom stereocenters. The Balaban J connectivity index is 0.00000144. The third-order valence-electron chi connectivity index (χ3n) is 4.26. The summed E-state index contributed by atoms with van der Waals surface area (Å²) in [4.78, 5) is 5.30. The highest BCUT2D eigenvalue weighted by Crippen LogP contribution is 2.32. The van der Waals surface area contributed by atoms with Crippen LogP contribution in [0.25, 0.3) is 10.9 Å². The average molecular weight is 384 g/mol. The number of nitrogens with zero attached hydrogens (tertiary/aromatic N) is 1. The normalized spacial score (nSPS) is 17.1. The zero-order valence-corrected chi connectivity index (χ0v) is 14.7. The summed E-state index contributed by atoms with van der Waals surface area (Å²) in [7, 11) is 0. The van der Waals surface area contributed by atoms with E-state index in [0.717, 1.165) is 42.6 Å². The summed E-state index contributed by atoms with van der Waals surface area (Å²) in [5.41, 5.74) is 1.94. The summed E-state index contributed by atoms with van der Waals surface area (Å²) in [6.45, 7) is 3.22. The number of H-pyrrole nitrogens is 1. The van der Waals surface area contributed by atoms with Crippen molar-refractivity contribution in [2.45, 2.75) is 25.1 Å². The molecular formula is C16H22Cl2F3N3. The van der Waals surface area contributed by atoms with E-state index in [1.165, 1.54) is 0 Å². The lowest BCUT2D eigenvalue weighted by molar-refractivity contribution is -0.138. The summed E-state index contributed by atoms with van der Waals surface area (Å²) >= 11 is 0. The molecule has 2 heterocycles. The fourth-order valence-electron chi connectivity index (χ4n) is 3.13. The Kier molecular flexibility index (Phi) is 7.86. The molecule has 1 aliphatic rings. The van der Waals surface area contributed by atoms with Gasteiger partial charge in [0.2, 0.25) is 0 Å². The first-order chi connectivity index (χ1) is 10.5. The van der Waals surface area contributed by atoms with E-state index in [2.05, 4.69) is 15.2 Å². The highest BCUT2D eigenvalue weighted by atomic mass is 35.5. The number of nitrogens with one attached hydrogen (secondary N) is 2. The van der Waals surface area contributed by atoms with Gasteiger partial charge in [-0.15, -0.1) is 24.8 Å². The highest BCUT2D eigenvalue weighted by molar-refractivity contribution is 5.85. The molecule has 2 N–H and O–H groups in total. The van der Waals surface area contributed by atoms with Gasteiger partial charge in [0.15, 0.2) is 0 Å². The smallest absolute Gasteiger partial charge is 0.361 e. The number of benzene rings is 1.